The van der Waals surface area contributed by atoms with E-state index >= 15 is 0 Å². The van der Waals surface area contributed by atoms with Crippen LogP contribution in [-0.4, -0.2) is 20.7 Å². The van der Waals surface area contributed by atoms with Gasteiger partial charge in [0.1, 0.15) is 5.82 Å². The lowest BCUT2D eigenvalue weighted by molar-refractivity contribution is -0.121. The standard InChI is InChI=1S/C17H17FN4O/c1-11(12-3-5-14(18)6-4-12)21-17(23)8-15-7-13-9-20-22(2)16(13)10-19-15/h3-7,9-11H,8H2,1-2H3,(H,21,23)/t11-/m1/s1. The third-order valence-electron chi connectivity index (χ3n) is 3.78. The van der Waals surface area contributed by atoms with Crippen molar-refractivity contribution in [1.82, 2.24) is 20.1 Å². The lowest BCUT2D eigenvalue weighted by Gasteiger charge is -2.14. The van der Waals surface area contributed by atoms with E-state index in [9.17, 15) is 9.18 Å². The number of halogens is 1. The Morgan fingerprint density at radius 1 is 1.30 bits per heavy atom. The normalized spacial score (nSPS) is 12.3. The SMILES string of the molecule is C[C@@H](NC(=O)Cc1cc2cnn(C)c2cn1)c1ccc(F)cc1. The number of aryl methyl sites for hydroxylation is 1. The van der Waals surface area contributed by atoms with Crippen LogP contribution in [0.3, 0.4) is 0 Å². The first kappa shape index (κ1) is 15.1. The molecule has 1 aromatic carbocycles. The Morgan fingerprint density at radius 2 is 2.04 bits per heavy atom. The maximum absolute atomic E-state index is 12.9. The fourth-order valence-electron chi connectivity index (χ4n) is 2.48. The van der Waals surface area contributed by atoms with Gasteiger partial charge < -0.3 is 5.32 Å². The number of aromatic nitrogens is 3. The molecule has 118 valence electrons. The van der Waals surface area contributed by atoms with E-state index in [1.165, 1.54) is 12.1 Å². The van der Waals surface area contributed by atoms with E-state index in [4.69, 9.17) is 0 Å². The lowest BCUT2D eigenvalue weighted by Crippen LogP contribution is -2.28. The van der Waals surface area contributed by atoms with E-state index < -0.39 is 0 Å². The molecule has 3 rings (SSSR count). The van der Waals surface area contributed by atoms with Crippen LogP contribution in [-0.2, 0) is 18.3 Å². The molecule has 0 saturated carbocycles. The monoisotopic (exact) mass is 312 g/mol. The van der Waals surface area contributed by atoms with Gasteiger partial charge in [-0.2, -0.15) is 5.10 Å². The van der Waals surface area contributed by atoms with Gasteiger partial charge in [-0.05, 0) is 30.7 Å². The van der Waals surface area contributed by atoms with Crippen molar-refractivity contribution in [2.75, 3.05) is 0 Å². The highest BCUT2D eigenvalue weighted by Gasteiger charge is 2.12. The minimum absolute atomic E-state index is 0.127. The average molecular weight is 312 g/mol. The first-order valence-electron chi connectivity index (χ1n) is 7.34. The van der Waals surface area contributed by atoms with Crippen molar-refractivity contribution < 1.29 is 9.18 Å². The second-order valence-electron chi connectivity index (χ2n) is 5.52. The number of fused-ring (bicyclic) bond motifs is 1. The van der Waals surface area contributed by atoms with Crippen molar-refractivity contribution in [3.8, 4) is 0 Å². The highest BCUT2D eigenvalue weighted by molar-refractivity contribution is 5.82. The van der Waals surface area contributed by atoms with Crippen LogP contribution in [0, 0.1) is 5.82 Å². The summed E-state index contributed by atoms with van der Waals surface area (Å²) in [7, 11) is 1.85. The van der Waals surface area contributed by atoms with Crippen molar-refractivity contribution in [3.63, 3.8) is 0 Å². The summed E-state index contributed by atoms with van der Waals surface area (Å²) >= 11 is 0. The molecule has 5 nitrogen and oxygen atoms in total. The Morgan fingerprint density at radius 3 is 2.78 bits per heavy atom. The van der Waals surface area contributed by atoms with Gasteiger partial charge in [-0.15, -0.1) is 0 Å². The second kappa shape index (κ2) is 6.16. The van der Waals surface area contributed by atoms with E-state index in [0.29, 0.717) is 5.69 Å². The Labute approximate surface area is 133 Å². The van der Waals surface area contributed by atoms with Crippen LogP contribution in [0.25, 0.3) is 10.9 Å². The number of nitrogens with one attached hydrogen (secondary N) is 1. The summed E-state index contributed by atoms with van der Waals surface area (Å²) in [6.45, 7) is 1.86. The van der Waals surface area contributed by atoms with Gasteiger partial charge >= 0.3 is 0 Å². The molecule has 1 N–H and O–H groups in total. The molecule has 0 spiro atoms. The summed E-state index contributed by atoms with van der Waals surface area (Å²) in [5, 5.41) is 8.01. The summed E-state index contributed by atoms with van der Waals surface area (Å²) in [6, 6.07) is 7.78. The summed E-state index contributed by atoms with van der Waals surface area (Å²) < 4.78 is 14.7. The highest BCUT2D eigenvalue weighted by atomic mass is 19.1. The van der Waals surface area contributed by atoms with Crippen LogP contribution in [0.1, 0.15) is 24.2 Å². The van der Waals surface area contributed by atoms with E-state index in [2.05, 4.69) is 15.4 Å². The van der Waals surface area contributed by atoms with Crippen LogP contribution in [0.15, 0.2) is 42.7 Å². The maximum Gasteiger partial charge on any atom is 0.226 e. The topological polar surface area (TPSA) is 59.8 Å². The van der Waals surface area contributed by atoms with Crippen LogP contribution < -0.4 is 5.32 Å². The minimum Gasteiger partial charge on any atom is -0.349 e. The van der Waals surface area contributed by atoms with Crippen molar-refractivity contribution in [2.24, 2.45) is 7.05 Å². The molecule has 0 unspecified atom stereocenters. The molecule has 6 heteroatoms. The Hall–Kier alpha value is -2.76. The number of nitrogens with zero attached hydrogens (tertiary/aromatic N) is 3. The maximum atomic E-state index is 12.9. The molecule has 0 radical (unpaired) electrons. The summed E-state index contributed by atoms with van der Waals surface area (Å²) in [6.07, 6.45) is 3.66. The van der Waals surface area contributed by atoms with Gasteiger partial charge in [-0.1, -0.05) is 12.1 Å². The molecule has 0 saturated heterocycles. The van der Waals surface area contributed by atoms with Crippen molar-refractivity contribution in [2.45, 2.75) is 19.4 Å². The predicted molar refractivity (Wildman–Crippen MR) is 85.2 cm³/mol. The number of pyridine rings is 1. The zero-order chi connectivity index (χ0) is 16.4. The molecule has 0 aliphatic rings. The molecule has 0 bridgehead atoms. The van der Waals surface area contributed by atoms with Crippen LogP contribution in [0.2, 0.25) is 0 Å². The Balaban J connectivity index is 1.66. The van der Waals surface area contributed by atoms with Gasteiger partial charge in [-0.25, -0.2) is 4.39 Å². The van der Waals surface area contributed by atoms with Gasteiger partial charge in [0.2, 0.25) is 5.91 Å². The lowest BCUT2D eigenvalue weighted by atomic mass is 10.1. The molecule has 1 atom stereocenters. The van der Waals surface area contributed by atoms with Gasteiger partial charge in [0.05, 0.1) is 36.1 Å². The van der Waals surface area contributed by atoms with E-state index in [0.717, 1.165) is 16.5 Å². The number of carbonyl (C=O) groups is 1. The molecule has 2 heterocycles. The average Bonchev–Trinajstić information content (AvgIpc) is 2.88. The molecule has 0 aliphatic carbocycles. The number of rotatable bonds is 4. The van der Waals surface area contributed by atoms with Crippen molar-refractivity contribution in [3.05, 3.63) is 59.8 Å². The first-order chi connectivity index (χ1) is 11.0. The number of hydrogen-bond acceptors (Lipinski definition) is 3. The molecular formula is C17H17FN4O. The summed E-state index contributed by atoms with van der Waals surface area (Å²) in [5.41, 5.74) is 2.47. The molecule has 1 amide bonds. The van der Waals surface area contributed by atoms with Crippen LogP contribution >= 0.6 is 0 Å². The van der Waals surface area contributed by atoms with Gasteiger partial charge in [-0.3, -0.25) is 14.5 Å². The highest BCUT2D eigenvalue weighted by Crippen LogP contribution is 2.15. The fraction of sp³-hybridized carbons (Fsp3) is 0.235. The molecule has 3 aromatic rings. The molecule has 0 aliphatic heterocycles. The largest absolute Gasteiger partial charge is 0.349 e. The zero-order valence-corrected chi connectivity index (χ0v) is 13.0. The number of carbonyl (C=O) groups excluding carboxylic acids is 1. The molecule has 0 fully saturated rings. The van der Waals surface area contributed by atoms with Gasteiger partial charge in [0.25, 0.3) is 0 Å². The number of amides is 1. The zero-order valence-electron chi connectivity index (χ0n) is 13.0. The van der Waals surface area contributed by atoms with E-state index in [1.54, 1.807) is 29.2 Å². The smallest absolute Gasteiger partial charge is 0.226 e. The van der Waals surface area contributed by atoms with Crippen LogP contribution in [0.4, 0.5) is 4.39 Å². The Bertz CT molecular complexity index is 841. The molecular weight excluding hydrogens is 295 g/mol. The Kier molecular flexibility index (Phi) is 4.06. The number of hydrogen-bond donors (Lipinski definition) is 1. The summed E-state index contributed by atoms with van der Waals surface area (Å²) in [5.74, 6) is -0.418. The quantitative estimate of drug-likeness (QED) is 0.805. The van der Waals surface area contributed by atoms with Crippen molar-refractivity contribution >= 4 is 16.8 Å². The van der Waals surface area contributed by atoms with Crippen molar-refractivity contribution in [1.29, 1.82) is 0 Å². The third-order valence-corrected chi connectivity index (χ3v) is 3.78. The second-order valence-corrected chi connectivity index (χ2v) is 5.52. The molecule has 2 aromatic heterocycles. The minimum atomic E-state index is -0.291. The van der Waals surface area contributed by atoms with Gasteiger partial charge in [0.15, 0.2) is 0 Å². The van der Waals surface area contributed by atoms with Gasteiger partial charge in [0, 0.05) is 12.4 Å². The number of benzene rings is 1. The third kappa shape index (κ3) is 3.36. The van der Waals surface area contributed by atoms with E-state index in [1.807, 2.05) is 20.0 Å². The molecule has 23 heavy (non-hydrogen) atoms. The van der Waals surface area contributed by atoms with Crippen LogP contribution in [0.5, 0.6) is 0 Å². The summed E-state index contributed by atoms with van der Waals surface area (Å²) in [4.78, 5) is 16.5. The van der Waals surface area contributed by atoms with E-state index in [-0.39, 0.29) is 24.2 Å². The first-order valence-corrected chi connectivity index (χ1v) is 7.34. The fourth-order valence-corrected chi connectivity index (χ4v) is 2.48. The predicted octanol–water partition coefficient (Wildman–Crippen LogP) is 2.53.